The molecule has 8 heteroatoms. The summed E-state index contributed by atoms with van der Waals surface area (Å²) in [5.41, 5.74) is 5.42. The van der Waals surface area contributed by atoms with E-state index in [0.29, 0.717) is 26.3 Å². The lowest BCUT2D eigenvalue weighted by atomic mass is 10.3. The average Bonchev–Trinajstić information content (AvgIpc) is 3.06. The molecule has 1 aliphatic rings. The highest BCUT2D eigenvalue weighted by molar-refractivity contribution is 7.89. The minimum atomic E-state index is -3.49. The quantitative estimate of drug-likeness (QED) is 0.772. The van der Waals surface area contributed by atoms with Gasteiger partial charge in [0.2, 0.25) is 10.0 Å². The summed E-state index contributed by atoms with van der Waals surface area (Å²) < 4.78 is 33.0. The fourth-order valence-corrected chi connectivity index (χ4v) is 3.35. The first-order valence-corrected chi connectivity index (χ1v) is 7.78. The number of ether oxygens (including phenoxy) is 1. The lowest BCUT2D eigenvalue weighted by molar-refractivity contribution is 0.181. The normalized spacial score (nSPS) is 20.3. The standard InChI is InChI=1S/C11H20N4O3S/c1-14(10-3-6-18-9-10)19(16,17)11-7-13-15(8-11)5-2-4-12/h7-8,10H,2-6,9,12H2,1H3. The second kappa shape index (κ2) is 6.00. The summed E-state index contributed by atoms with van der Waals surface area (Å²) in [6.07, 6.45) is 4.44. The van der Waals surface area contributed by atoms with Crippen LogP contribution in [0.2, 0.25) is 0 Å². The summed E-state index contributed by atoms with van der Waals surface area (Å²) in [6.45, 7) is 2.25. The van der Waals surface area contributed by atoms with E-state index < -0.39 is 10.0 Å². The van der Waals surface area contributed by atoms with Gasteiger partial charge < -0.3 is 10.5 Å². The predicted octanol–water partition coefficient (Wildman–Crippen LogP) is -0.359. The van der Waals surface area contributed by atoms with Crippen LogP contribution in [0.5, 0.6) is 0 Å². The van der Waals surface area contributed by atoms with E-state index in [-0.39, 0.29) is 10.9 Å². The molecule has 0 saturated carbocycles. The lowest BCUT2D eigenvalue weighted by Crippen LogP contribution is -2.37. The van der Waals surface area contributed by atoms with Crippen LogP contribution in [0, 0.1) is 0 Å². The van der Waals surface area contributed by atoms with Gasteiger partial charge in [-0.05, 0) is 19.4 Å². The molecule has 1 unspecified atom stereocenters. The topological polar surface area (TPSA) is 90.5 Å². The summed E-state index contributed by atoms with van der Waals surface area (Å²) in [4.78, 5) is 0.221. The summed E-state index contributed by atoms with van der Waals surface area (Å²) in [7, 11) is -1.90. The number of hydrogen-bond acceptors (Lipinski definition) is 5. The zero-order valence-electron chi connectivity index (χ0n) is 11.0. The maximum atomic E-state index is 12.4. The number of aromatic nitrogens is 2. The average molecular weight is 288 g/mol. The van der Waals surface area contributed by atoms with Crippen molar-refractivity contribution >= 4 is 10.0 Å². The summed E-state index contributed by atoms with van der Waals surface area (Å²) in [6, 6.07) is -0.0857. The third-order valence-corrected chi connectivity index (χ3v) is 5.16. The van der Waals surface area contributed by atoms with Crippen molar-refractivity contribution in [2.24, 2.45) is 5.73 Å². The van der Waals surface area contributed by atoms with Gasteiger partial charge in [0.05, 0.1) is 18.8 Å². The molecule has 1 aromatic heterocycles. The van der Waals surface area contributed by atoms with Crippen LogP contribution in [0.25, 0.3) is 0 Å². The molecule has 0 bridgehead atoms. The number of hydrogen-bond donors (Lipinski definition) is 1. The number of nitrogens with zero attached hydrogens (tertiary/aromatic N) is 3. The van der Waals surface area contributed by atoms with E-state index in [1.165, 1.54) is 10.5 Å². The van der Waals surface area contributed by atoms with Crippen molar-refractivity contribution in [3.05, 3.63) is 12.4 Å². The fourth-order valence-electron chi connectivity index (χ4n) is 2.02. The van der Waals surface area contributed by atoms with Crippen molar-refractivity contribution in [2.75, 3.05) is 26.8 Å². The van der Waals surface area contributed by atoms with Crippen LogP contribution < -0.4 is 5.73 Å². The molecule has 1 atom stereocenters. The van der Waals surface area contributed by atoms with Crippen LogP contribution in [0.1, 0.15) is 12.8 Å². The van der Waals surface area contributed by atoms with Gasteiger partial charge in [-0.15, -0.1) is 0 Å². The molecular weight excluding hydrogens is 268 g/mol. The molecule has 1 fully saturated rings. The molecule has 1 saturated heterocycles. The van der Waals surface area contributed by atoms with Gasteiger partial charge in [0.25, 0.3) is 0 Å². The van der Waals surface area contributed by atoms with Crippen LogP contribution in [0.15, 0.2) is 17.3 Å². The molecule has 0 aliphatic carbocycles. The number of likely N-dealkylation sites (N-methyl/N-ethyl adjacent to an activating group) is 1. The fraction of sp³-hybridized carbons (Fsp3) is 0.727. The Labute approximate surface area is 113 Å². The summed E-state index contributed by atoms with van der Waals surface area (Å²) in [5, 5.41) is 4.05. The number of aryl methyl sites for hydroxylation is 1. The minimum absolute atomic E-state index is 0.0857. The van der Waals surface area contributed by atoms with Crippen LogP contribution >= 0.6 is 0 Å². The van der Waals surface area contributed by atoms with Crippen LogP contribution in [-0.4, -0.2) is 55.4 Å². The first kappa shape index (κ1) is 14.4. The van der Waals surface area contributed by atoms with Crippen molar-refractivity contribution in [3.8, 4) is 0 Å². The van der Waals surface area contributed by atoms with E-state index in [1.54, 1.807) is 17.9 Å². The van der Waals surface area contributed by atoms with E-state index in [4.69, 9.17) is 10.5 Å². The molecule has 2 rings (SSSR count). The number of rotatable bonds is 6. The second-order valence-electron chi connectivity index (χ2n) is 4.62. The Morgan fingerprint density at radius 3 is 3.05 bits per heavy atom. The third-order valence-electron chi connectivity index (χ3n) is 3.30. The van der Waals surface area contributed by atoms with Gasteiger partial charge in [-0.1, -0.05) is 0 Å². The molecular formula is C11H20N4O3S. The predicted molar refractivity (Wildman–Crippen MR) is 70.1 cm³/mol. The van der Waals surface area contributed by atoms with Gasteiger partial charge in [-0.2, -0.15) is 9.40 Å². The molecule has 19 heavy (non-hydrogen) atoms. The first-order chi connectivity index (χ1) is 9.05. The highest BCUT2D eigenvalue weighted by atomic mass is 32.2. The molecule has 0 radical (unpaired) electrons. The maximum Gasteiger partial charge on any atom is 0.246 e. The Hall–Kier alpha value is -0.960. The Morgan fingerprint density at radius 2 is 2.42 bits per heavy atom. The monoisotopic (exact) mass is 288 g/mol. The Kier molecular flexibility index (Phi) is 4.56. The molecule has 2 heterocycles. The zero-order valence-corrected chi connectivity index (χ0v) is 11.8. The minimum Gasteiger partial charge on any atom is -0.380 e. The summed E-state index contributed by atoms with van der Waals surface area (Å²) >= 11 is 0. The molecule has 0 aromatic carbocycles. The Morgan fingerprint density at radius 1 is 1.63 bits per heavy atom. The van der Waals surface area contributed by atoms with E-state index >= 15 is 0 Å². The van der Waals surface area contributed by atoms with E-state index in [2.05, 4.69) is 5.10 Å². The van der Waals surface area contributed by atoms with Crippen LogP contribution in [-0.2, 0) is 21.3 Å². The molecule has 7 nitrogen and oxygen atoms in total. The van der Waals surface area contributed by atoms with Gasteiger partial charge >= 0.3 is 0 Å². The van der Waals surface area contributed by atoms with Crippen molar-refractivity contribution in [1.29, 1.82) is 0 Å². The Balaban J connectivity index is 2.12. The first-order valence-electron chi connectivity index (χ1n) is 6.34. The van der Waals surface area contributed by atoms with Gasteiger partial charge in [-0.25, -0.2) is 8.42 Å². The molecule has 0 amide bonds. The third kappa shape index (κ3) is 3.14. The maximum absolute atomic E-state index is 12.4. The van der Waals surface area contributed by atoms with Crippen molar-refractivity contribution in [1.82, 2.24) is 14.1 Å². The molecule has 2 N–H and O–H groups in total. The zero-order chi connectivity index (χ0) is 13.9. The Bertz CT molecular complexity index is 508. The number of sulfonamides is 1. The smallest absolute Gasteiger partial charge is 0.246 e. The van der Waals surface area contributed by atoms with Crippen LogP contribution in [0.4, 0.5) is 0 Å². The van der Waals surface area contributed by atoms with Crippen molar-refractivity contribution < 1.29 is 13.2 Å². The van der Waals surface area contributed by atoms with Gasteiger partial charge in [0.1, 0.15) is 4.90 Å². The summed E-state index contributed by atoms with van der Waals surface area (Å²) in [5.74, 6) is 0. The van der Waals surface area contributed by atoms with E-state index in [1.807, 2.05) is 0 Å². The van der Waals surface area contributed by atoms with E-state index in [0.717, 1.165) is 12.8 Å². The second-order valence-corrected chi connectivity index (χ2v) is 6.62. The molecule has 0 spiro atoms. The highest BCUT2D eigenvalue weighted by Crippen LogP contribution is 2.20. The van der Waals surface area contributed by atoms with Crippen molar-refractivity contribution in [2.45, 2.75) is 30.3 Å². The number of nitrogens with two attached hydrogens (primary N) is 1. The lowest BCUT2D eigenvalue weighted by Gasteiger charge is -2.21. The largest absolute Gasteiger partial charge is 0.380 e. The molecule has 1 aromatic rings. The van der Waals surface area contributed by atoms with Gasteiger partial charge in [-0.3, -0.25) is 4.68 Å². The van der Waals surface area contributed by atoms with Crippen molar-refractivity contribution in [3.63, 3.8) is 0 Å². The van der Waals surface area contributed by atoms with Crippen LogP contribution in [0.3, 0.4) is 0 Å². The SMILES string of the molecule is CN(C1CCOC1)S(=O)(=O)c1cnn(CCCN)c1. The molecule has 1 aliphatic heterocycles. The molecule has 108 valence electrons. The van der Waals surface area contributed by atoms with Gasteiger partial charge in [0.15, 0.2) is 0 Å². The van der Waals surface area contributed by atoms with Gasteiger partial charge in [0, 0.05) is 26.4 Å². The van der Waals surface area contributed by atoms with E-state index in [9.17, 15) is 8.42 Å². The highest BCUT2D eigenvalue weighted by Gasteiger charge is 2.31.